The van der Waals surface area contributed by atoms with E-state index in [1.807, 2.05) is 0 Å². The van der Waals surface area contributed by atoms with Crippen molar-refractivity contribution in [2.24, 2.45) is 5.73 Å². The third-order valence-corrected chi connectivity index (χ3v) is 2.98. The maximum Gasteiger partial charge on any atom is 0.289 e. The molecule has 0 aromatic carbocycles. The topological polar surface area (TPSA) is 73.6 Å². The molecule has 0 unspecified atom stereocenters. The van der Waals surface area contributed by atoms with Crippen LogP contribution in [0, 0.1) is 0 Å². The molecule has 0 aromatic rings. The minimum Gasteiger partial charge on any atom is -0.494 e. The third-order valence-electron chi connectivity index (χ3n) is 2.98. The summed E-state index contributed by atoms with van der Waals surface area (Å²) in [6.45, 7) is 0.948. The van der Waals surface area contributed by atoms with Gasteiger partial charge in [0.2, 0.25) is 5.76 Å². The summed E-state index contributed by atoms with van der Waals surface area (Å²) < 4.78 is 10.2. The van der Waals surface area contributed by atoms with Gasteiger partial charge in [0, 0.05) is 12.1 Å². The van der Waals surface area contributed by atoms with E-state index in [1.54, 1.807) is 0 Å². The molecule has 0 saturated heterocycles. The van der Waals surface area contributed by atoms with Crippen molar-refractivity contribution < 1.29 is 14.3 Å². The maximum absolute atomic E-state index is 11.7. The second kappa shape index (κ2) is 5.21. The molecular formula is C11H18N2O3. The van der Waals surface area contributed by atoms with Crippen molar-refractivity contribution >= 4 is 5.91 Å². The van der Waals surface area contributed by atoms with Crippen molar-refractivity contribution in [2.75, 3.05) is 13.2 Å². The number of ether oxygens (including phenoxy) is 2. The molecule has 3 N–H and O–H groups in total. The average molecular weight is 226 g/mol. The zero-order valence-corrected chi connectivity index (χ0v) is 9.28. The van der Waals surface area contributed by atoms with Crippen molar-refractivity contribution in [3.8, 4) is 0 Å². The van der Waals surface area contributed by atoms with Gasteiger partial charge >= 0.3 is 0 Å². The molecule has 90 valence electrons. The van der Waals surface area contributed by atoms with Gasteiger partial charge in [0.05, 0.1) is 0 Å². The van der Waals surface area contributed by atoms with Crippen LogP contribution >= 0.6 is 0 Å². The standard InChI is InChI=1S/C11H18N2O3/c12-8-1-3-9(4-2-8)13-11(14)10-7-15-5-6-16-10/h7-9H,1-6,12H2,(H,13,14). The highest BCUT2D eigenvalue weighted by molar-refractivity contribution is 5.91. The Balaban J connectivity index is 1.80. The number of carbonyl (C=O) groups is 1. The SMILES string of the molecule is NC1CCC(NC(=O)C2=COCCO2)CC1. The van der Waals surface area contributed by atoms with Crippen LogP contribution in [0.3, 0.4) is 0 Å². The molecular weight excluding hydrogens is 208 g/mol. The first-order valence-electron chi connectivity index (χ1n) is 5.76. The van der Waals surface area contributed by atoms with Crippen LogP contribution in [0.4, 0.5) is 0 Å². The predicted octanol–water partition coefficient (Wildman–Crippen LogP) is 0.261. The zero-order chi connectivity index (χ0) is 11.4. The smallest absolute Gasteiger partial charge is 0.289 e. The van der Waals surface area contributed by atoms with Crippen molar-refractivity contribution in [1.29, 1.82) is 0 Å². The Bertz CT molecular complexity index is 283. The first-order valence-corrected chi connectivity index (χ1v) is 5.76. The number of hydrogen-bond donors (Lipinski definition) is 2. The molecule has 0 radical (unpaired) electrons. The summed E-state index contributed by atoms with van der Waals surface area (Å²) in [5.74, 6) is 0.0984. The lowest BCUT2D eigenvalue weighted by Crippen LogP contribution is -2.41. The van der Waals surface area contributed by atoms with Gasteiger partial charge in [-0.1, -0.05) is 0 Å². The molecule has 0 bridgehead atoms. The highest BCUT2D eigenvalue weighted by Crippen LogP contribution is 2.17. The largest absolute Gasteiger partial charge is 0.494 e. The highest BCUT2D eigenvalue weighted by Gasteiger charge is 2.22. The summed E-state index contributed by atoms with van der Waals surface area (Å²) >= 11 is 0. The Morgan fingerprint density at radius 3 is 2.69 bits per heavy atom. The lowest BCUT2D eigenvalue weighted by Gasteiger charge is -2.27. The van der Waals surface area contributed by atoms with E-state index in [1.165, 1.54) is 6.26 Å². The van der Waals surface area contributed by atoms with Crippen molar-refractivity contribution in [3.63, 3.8) is 0 Å². The Morgan fingerprint density at radius 2 is 2.06 bits per heavy atom. The summed E-state index contributed by atoms with van der Waals surface area (Å²) in [5, 5.41) is 2.94. The van der Waals surface area contributed by atoms with Gasteiger partial charge in [-0.3, -0.25) is 4.79 Å². The van der Waals surface area contributed by atoms with E-state index in [2.05, 4.69) is 5.32 Å². The molecule has 5 nitrogen and oxygen atoms in total. The Kier molecular flexibility index (Phi) is 3.66. The summed E-state index contributed by atoms with van der Waals surface area (Å²) in [4.78, 5) is 11.7. The van der Waals surface area contributed by atoms with Gasteiger partial charge in [-0.25, -0.2) is 0 Å². The van der Waals surface area contributed by atoms with Gasteiger partial charge in [-0.05, 0) is 25.7 Å². The van der Waals surface area contributed by atoms with E-state index in [0.29, 0.717) is 19.3 Å². The lowest BCUT2D eigenvalue weighted by atomic mass is 9.92. The molecule has 0 spiro atoms. The number of rotatable bonds is 2. The summed E-state index contributed by atoms with van der Waals surface area (Å²) in [5.41, 5.74) is 5.80. The van der Waals surface area contributed by atoms with Gasteiger partial charge < -0.3 is 20.5 Å². The fourth-order valence-corrected chi connectivity index (χ4v) is 2.01. The van der Waals surface area contributed by atoms with Crippen LogP contribution in [-0.4, -0.2) is 31.2 Å². The average Bonchev–Trinajstić information content (AvgIpc) is 2.33. The second-order valence-electron chi connectivity index (χ2n) is 4.29. The van der Waals surface area contributed by atoms with Gasteiger partial charge in [-0.15, -0.1) is 0 Å². The molecule has 1 heterocycles. The number of carbonyl (C=O) groups excluding carboxylic acids is 1. The van der Waals surface area contributed by atoms with E-state index in [-0.39, 0.29) is 17.7 Å². The summed E-state index contributed by atoms with van der Waals surface area (Å²) in [6, 6.07) is 0.514. The van der Waals surface area contributed by atoms with E-state index in [4.69, 9.17) is 15.2 Å². The molecule has 1 aliphatic carbocycles. The third kappa shape index (κ3) is 2.88. The van der Waals surface area contributed by atoms with Crippen LogP contribution in [0.15, 0.2) is 12.0 Å². The van der Waals surface area contributed by atoms with Crippen LogP contribution < -0.4 is 11.1 Å². The van der Waals surface area contributed by atoms with E-state index in [9.17, 15) is 4.79 Å². The zero-order valence-electron chi connectivity index (χ0n) is 9.28. The Hall–Kier alpha value is -1.23. The normalized spacial score (nSPS) is 29.7. The molecule has 2 aliphatic rings. The summed E-state index contributed by atoms with van der Waals surface area (Å²) in [6.07, 6.45) is 5.22. The van der Waals surface area contributed by atoms with Crippen molar-refractivity contribution in [2.45, 2.75) is 37.8 Å². The maximum atomic E-state index is 11.7. The number of nitrogens with one attached hydrogen (secondary N) is 1. The minimum absolute atomic E-state index is 0.180. The van der Waals surface area contributed by atoms with Crippen LogP contribution in [0.25, 0.3) is 0 Å². The van der Waals surface area contributed by atoms with Crippen LogP contribution in [0.5, 0.6) is 0 Å². The Labute approximate surface area is 95.0 Å². The van der Waals surface area contributed by atoms with Crippen LogP contribution in [0.1, 0.15) is 25.7 Å². The van der Waals surface area contributed by atoms with Crippen molar-refractivity contribution in [3.05, 3.63) is 12.0 Å². The fraction of sp³-hybridized carbons (Fsp3) is 0.727. The Morgan fingerprint density at radius 1 is 1.31 bits per heavy atom. The number of hydrogen-bond acceptors (Lipinski definition) is 4. The predicted molar refractivity (Wildman–Crippen MR) is 58.4 cm³/mol. The lowest BCUT2D eigenvalue weighted by molar-refractivity contribution is -0.123. The van der Waals surface area contributed by atoms with Gasteiger partial charge in [0.25, 0.3) is 5.91 Å². The molecule has 1 fully saturated rings. The second-order valence-corrected chi connectivity index (χ2v) is 4.29. The summed E-state index contributed by atoms with van der Waals surface area (Å²) in [7, 11) is 0. The number of nitrogens with two attached hydrogens (primary N) is 1. The highest BCUT2D eigenvalue weighted by atomic mass is 16.6. The van der Waals surface area contributed by atoms with Gasteiger partial charge in [-0.2, -0.15) is 0 Å². The monoisotopic (exact) mass is 226 g/mol. The molecule has 0 atom stereocenters. The van der Waals surface area contributed by atoms with Crippen LogP contribution in [0.2, 0.25) is 0 Å². The van der Waals surface area contributed by atoms with Crippen LogP contribution in [-0.2, 0) is 14.3 Å². The number of amides is 1. The van der Waals surface area contributed by atoms with Gasteiger partial charge in [0.1, 0.15) is 19.5 Å². The first-order chi connectivity index (χ1) is 7.75. The minimum atomic E-state index is -0.180. The van der Waals surface area contributed by atoms with Gasteiger partial charge in [0.15, 0.2) is 0 Å². The van der Waals surface area contributed by atoms with E-state index >= 15 is 0 Å². The van der Waals surface area contributed by atoms with Crippen molar-refractivity contribution in [1.82, 2.24) is 5.32 Å². The first kappa shape index (κ1) is 11.3. The van der Waals surface area contributed by atoms with E-state index < -0.39 is 0 Å². The molecule has 1 aliphatic heterocycles. The molecule has 2 rings (SSSR count). The fourth-order valence-electron chi connectivity index (χ4n) is 2.01. The molecule has 1 saturated carbocycles. The molecule has 0 aromatic heterocycles. The van der Waals surface area contributed by atoms with E-state index in [0.717, 1.165) is 25.7 Å². The molecule has 5 heteroatoms. The quantitative estimate of drug-likeness (QED) is 0.708. The molecule has 16 heavy (non-hydrogen) atoms. The molecule has 1 amide bonds.